The van der Waals surface area contributed by atoms with E-state index in [0.29, 0.717) is 17.3 Å². The van der Waals surface area contributed by atoms with E-state index in [1.807, 2.05) is 18.2 Å². The van der Waals surface area contributed by atoms with Crippen LogP contribution in [0.5, 0.6) is 17.2 Å². The number of benzene rings is 2. The minimum Gasteiger partial charge on any atom is -0.506 e. The zero-order valence-corrected chi connectivity index (χ0v) is 12.1. The Balaban J connectivity index is 2.16. The molecule has 0 atom stereocenters. The number of para-hydroxylation sites is 1. The molecular weight excluding hydrogens is 278 g/mol. The average molecular weight is 294 g/mol. The molecule has 2 N–H and O–H groups in total. The molecule has 0 aliphatic carbocycles. The van der Waals surface area contributed by atoms with Crippen molar-refractivity contribution in [2.24, 2.45) is 0 Å². The van der Waals surface area contributed by atoms with Crippen LogP contribution in [0, 0.1) is 0 Å². The van der Waals surface area contributed by atoms with E-state index in [1.165, 1.54) is 0 Å². The fourth-order valence-corrected chi connectivity index (χ4v) is 2.03. The van der Waals surface area contributed by atoms with Gasteiger partial charge in [-0.3, -0.25) is 0 Å². The summed E-state index contributed by atoms with van der Waals surface area (Å²) in [6.07, 6.45) is 0. The van der Waals surface area contributed by atoms with E-state index in [4.69, 9.17) is 21.1 Å². The molecule has 2 rings (SSSR count). The second-order valence-electron chi connectivity index (χ2n) is 4.17. The summed E-state index contributed by atoms with van der Waals surface area (Å²) < 4.78 is 10.4. The maximum absolute atomic E-state index is 9.86. The lowest BCUT2D eigenvalue weighted by Crippen LogP contribution is -2.02. The third kappa shape index (κ3) is 3.08. The average Bonchev–Trinajstić information content (AvgIpc) is 2.48. The highest BCUT2D eigenvalue weighted by Gasteiger charge is 2.08. The first kappa shape index (κ1) is 14.3. The van der Waals surface area contributed by atoms with E-state index < -0.39 is 0 Å². The van der Waals surface area contributed by atoms with Crippen molar-refractivity contribution in [1.29, 1.82) is 0 Å². The minimum atomic E-state index is 0.0918. The lowest BCUT2D eigenvalue weighted by molar-refractivity contribution is 0.395. The van der Waals surface area contributed by atoms with Crippen LogP contribution in [0.4, 0.5) is 5.69 Å². The fraction of sp³-hybridized carbons (Fsp3) is 0.200. The van der Waals surface area contributed by atoms with E-state index in [0.717, 1.165) is 17.0 Å². The molecule has 0 amide bonds. The molecule has 0 aliphatic heterocycles. The van der Waals surface area contributed by atoms with Gasteiger partial charge in [-0.15, -0.1) is 0 Å². The van der Waals surface area contributed by atoms with Crippen LogP contribution < -0.4 is 14.8 Å². The zero-order chi connectivity index (χ0) is 14.5. The van der Waals surface area contributed by atoms with Crippen molar-refractivity contribution in [1.82, 2.24) is 0 Å². The maximum atomic E-state index is 9.86. The van der Waals surface area contributed by atoms with Gasteiger partial charge in [0.1, 0.15) is 17.2 Å². The van der Waals surface area contributed by atoms with Crippen molar-refractivity contribution in [3.8, 4) is 17.2 Å². The summed E-state index contributed by atoms with van der Waals surface area (Å²) in [6.45, 7) is 0.440. The van der Waals surface area contributed by atoms with Gasteiger partial charge in [-0.25, -0.2) is 0 Å². The normalized spacial score (nSPS) is 10.2. The minimum absolute atomic E-state index is 0.0918. The summed E-state index contributed by atoms with van der Waals surface area (Å²) >= 11 is 5.87. The van der Waals surface area contributed by atoms with Crippen molar-refractivity contribution in [3.05, 3.63) is 47.0 Å². The topological polar surface area (TPSA) is 50.7 Å². The zero-order valence-electron chi connectivity index (χ0n) is 11.3. The summed E-state index contributed by atoms with van der Waals surface area (Å²) in [6, 6.07) is 10.7. The molecule has 0 spiro atoms. The Labute approximate surface area is 122 Å². The van der Waals surface area contributed by atoms with Crippen LogP contribution >= 0.6 is 11.6 Å². The predicted molar refractivity (Wildman–Crippen MR) is 80.0 cm³/mol. The molecule has 0 heterocycles. The van der Waals surface area contributed by atoms with E-state index in [2.05, 4.69) is 5.32 Å². The van der Waals surface area contributed by atoms with Crippen molar-refractivity contribution in [2.75, 3.05) is 19.5 Å². The third-order valence-electron chi connectivity index (χ3n) is 2.95. The SMILES string of the molecule is COc1ccc(NCc2cccc(Cl)c2O)c(OC)c1. The molecule has 0 bridgehead atoms. The number of rotatable bonds is 5. The monoisotopic (exact) mass is 293 g/mol. The van der Waals surface area contributed by atoms with Gasteiger partial charge in [-0.2, -0.15) is 0 Å². The van der Waals surface area contributed by atoms with Gasteiger partial charge in [0.05, 0.1) is 24.9 Å². The van der Waals surface area contributed by atoms with Gasteiger partial charge in [-0.05, 0) is 18.2 Å². The molecule has 0 aromatic heterocycles. The molecule has 5 heteroatoms. The second kappa shape index (κ2) is 6.39. The highest BCUT2D eigenvalue weighted by molar-refractivity contribution is 6.32. The van der Waals surface area contributed by atoms with Gasteiger partial charge < -0.3 is 19.9 Å². The number of nitrogens with one attached hydrogen (secondary N) is 1. The quantitative estimate of drug-likeness (QED) is 0.883. The Morgan fingerprint density at radius 2 is 1.95 bits per heavy atom. The molecule has 2 aromatic carbocycles. The molecule has 0 fully saturated rings. The second-order valence-corrected chi connectivity index (χ2v) is 4.57. The Kier molecular flexibility index (Phi) is 4.58. The van der Waals surface area contributed by atoms with Crippen molar-refractivity contribution in [2.45, 2.75) is 6.54 Å². The van der Waals surface area contributed by atoms with Crippen LogP contribution in [-0.2, 0) is 6.54 Å². The fourth-order valence-electron chi connectivity index (χ4n) is 1.84. The lowest BCUT2D eigenvalue weighted by atomic mass is 10.2. The van der Waals surface area contributed by atoms with Gasteiger partial charge in [0.25, 0.3) is 0 Å². The largest absolute Gasteiger partial charge is 0.506 e. The lowest BCUT2D eigenvalue weighted by Gasteiger charge is -2.13. The van der Waals surface area contributed by atoms with Crippen molar-refractivity contribution >= 4 is 17.3 Å². The number of phenolic OH excluding ortho intramolecular Hbond substituents is 1. The number of methoxy groups -OCH3 is 2. The maximum Gasteiger partial charge on any atom is 0.145 e. The number of ether oxygens (including phenoxy) is 2. The first-order chi connectivity index (χ1) is 9.65. The van der Waals surface area contributed by atoms with Gasteiger partial charge in [0, 0.05) is 18.2 Å². The summed E-state index contributed by atoms with van der Waals surface area (Å²) in [7, 11) is 3.20. The standard InChI is InChI=1S/C15H16ClNO3/c1-19-11-6-7-13(14(8-11)20-2)17-9-10-4-3-5-12(16)15(10)18/h3-8,17-18H,9H2,1-2H3. The van der Waals surface area contributed by atoms with E-state index in [1.54, 1.807) is 32.4 Å². The molecule has 4 nitrogen and oxygen atoms in total. The first-order valence-corrected chi connectivity index (χ1v) is 6.45. The van der Waals surface area contributed by atoms with E-state index in [-0.39, 0.29) is 5.75 Å². The smallest absolute Gasteiger partial charge is 0.145 e. The number of halogens is 1. The van der Waals surface area contributed by atoms with Gasteiger partial charge in [0.2, 0.25) is 0 Å². The number of phenols is 1. The number of anilines is 1. The van der Waals surface area contributed by atoms with Crippen LogP contribution in [0.2, 0.25) is 5.02 Å². The van der Waals surface area contributed by atoms with Gasteiger partial charge in [-0.1, -0.05) is 23.7 Å². The Morgan fingerprint density at radius 1 is 1.15 bits per heavy atom. The third-order valence-corrected chi connectivity index (χ3v) is 3.25. The summed E-state index contributed by atoms with van der Waals surface area (Å²) in [4.78, 5) is 0. The molecule has 0 radical (unpaired) electrons. The van der Waals surface area contributed by atoms with Gasteiger partial charge in [0.15, 0.2) is 0 Å². The number of hydrogen-bond donors (Lipinski definition) is 2. The van der Waals surface area contributed by atoms with E-state index >= 15 is 0 Å². The summed E-state index contributed by atoms with van der Waals surface area (Å²) in [5.41, 5.74) is 1.53. The van der Waals surface area contributed by atoms with Gasteiger partial charge >= 0.3 is 0 Å². The van der Waals surface area contributed by atoms with Crippen LogP contribution in [0.1, 0.15) is 5.56 Å². The van der Waals surface area contributed by atoms with Crippen LogP contribution in [-0.4, -0.2) is 19.3 Å². The molecule has 0 aliphatic rings. The summed E-state index contributed by atoms with van der Waals surface area (Å²) in [5, 5.41) is 13.4. The molecule has 0 unspecified atom stereocenters. The predicted octanol–water partition coefficient (Wildman–Crippen LogP) is 3.67. The molecule has 20 heavy (non-hydrogen) atoms. The Morgan fingerprint density at radius 3 is 2.65 bits per heavy atom. The van der Waals surface area contributed by atoms with E-state index in [9.17, 15) is 5.11 Å². The Hall–Kier alpha value is -2.07. The number of aromatic hydroxyl groups is 1. The van der Waals surface area contributed by atoms with Crippen molar-refractivity contribution < 1.29 is 14.6 Å². The highest BCUT2D eigenvalue weighted by atomic mass is 35.5. The number of hydrogen-bond acceptors (Lipinski definition) is 4. The van der Waals surface area contributed by atoms with Crippen LogP contribution in [0.25, 0.3) is 0 Å². The van der Waals surface area contributed by atoms with Crippen LogP contribution in [0.15, 0.2) is 36.4 Å². The molecule has 2 aromatic rings. The Bertz CT molecular complexity index is 602. The molecule has 0 saturated carbocycles. The molecular formula is C15H16ClNO3. The summed E-state index contributed by atoms with van der Waals surface area (Å²) in [5.74, 6) is 1.48. The molecule has 106 valence electrons. The first-order valence-electron chi connectivity index (χ1n) is 6.08. The van der Waals surface area contributed by atoms with Crippen molar-refractivity contribution in [3.63, 3.8) is 0 Å². The molecule has 0 saturated heterocycles. The highest BCUT2D eigenvalue weighted by Crippen LogP contribution is 2.31. The van der Waals surface area contributed by atoms with Crippen LogP contribution in [0.3, 0.4) is 0 Å².